The Kier molecular flexibility index (Phi) is 2.44. The second-order valence-corrected chi connectivity index (χ2v) is 3.79. The predicted molar refractivity (Wildman–Crippen MR) is 60.0 cm³/mol. The van der Waals surface area contributed by atoms with Gasteiger partial charge in [0.1, 0.15) is 0 Å². The van der Waals surface area contributed by atoms with E-state index < -0.39 is 0 Å². The molecule has 0 amide bonds. The maximum atomic E-state index is 5.14. The first-order chi connectivity index (χ1) is 7.13. The summed E-state index contributed by atoms with van der Waals surface area (Å²) in [6.45, 7) is 4.81. The van der Waals surface area contributed by atoms with Crippen LogP contribution in [0.2, 0.25) is 0 Å². The lowest BCUT2D eigenvalue weighted by atomic mass is 10.2. The Morgan fingerprint density at radius 2 is 2.27 bits per heavy atom. The molecule has 6 heteroatoms. The molecule has 0 aliphatic carbocycles. The van der Waals surface area contributed by atoms with Crippen LogP contribution in [0, 0.1) is 11.7 Å². The molecule has 1 N–H and O–H groups in total. The van der Waals surface area contributed by atoms with E-state index >= 15 is 0 Å². The van der Waals surface area contributed by atoms with Gasteiger partial charge in [-0.2, -0.15) is 10.2 Å². The summed E-state index contributed by atoms with van der Waals surface area (Å²) < 4.78 is 4.39. The van der Waals surface area contributed by atoms with E-state index in [9.17, 15) is 0 Å². The quantitative estimate of drug-likeness (QED) is 0.788. The van der Waals surface area contributed by atoms with E-state index in [4.69, 9.17) is 12.2 Å². The third kappa shape index (κ3) is 1.61. The average Bonchev–Trinajstić information content (AvgIpc) is 2.69. The van der Waals surface area contributed by atoms with Crippen LogP contribution < -0.4 is 0 Å². The zero-order valence-electron chi connectivity index (χ0n) is 8.98. The van der Waals surface area contributed by atoms with Crippen LogP contribution in [0.1, 0.15) is 12.6 Å². The van der Waals surface area contributed by atoms with E-state index in [2.05, 4.69) is 15.3 Å². The number of nitrogens with zero attached hydrogens (tertiary/aromatic N) is 4. The van der Waals surface area contributed by atoms with Crippen molar-refractivity contribution >= 4 is 12.2 Å². The zero-order valence-corrected chi connectivity index (χ0v) is 9.80. The largest absolute Gasteiger partial charge is 0.300 e. The van der Waals surface area contributed by atoms with Crippen LogP contribution in [-0.4, -0.2) is 24.5 Å². The van der Waals surface area contributed by atoms with Crippen LogP contribution in [0.5, 0.6) is 0 Å². The Hall–Kier alpha value is -1.43. The van der Waals surface area contributed by atoms with Crippen molar-refractivity contribution in [3.05, 3.63) is 16.7 Å². The Labute approximate surface area is 92.7 Å². The van der Waals surface area contributed by atoms with Gasteiger partial charge in [-0.3, -0.25) is 9.78 Å². The van der Waals surface area contributed by atoms with Crippen LogP contribution in [0.3, 0.4) is 0 Å². The van der Waals surface area contributed by atoms with Crippen molar-refractivity contribution < 1.29 is 0 Å². The smallest absolute Gasteiger partial charge is 0.195 e. The molecule has 0 radical (unpaired) electrons. The highest BCUT2D eigenvalue weighted by molar-refractivity contribution is 7.71. The van der Waals surface area contributed by atoms with Gasteiger partial charge in [-0.1, -0.05) is 0 Å². The number of nitrogens with one attached hydrogen (secondary N) is 1. The minimum atomic E-state index is 0.649. The van der Waals surface area contributed by atoms with Gasteiger partial charge in [0.05, 0.1) is 11.3 Å². The summed E-state index contributed by atoms with van der Waals surface area (Å²) in [6, 6.07) is 0. The van der Waals surface area contributed by atoms with Gasteiger partial charge in [-0.25, -0.2) is 0 Å². The van der Waals surface area contributed by atoms with Crippen LogP contribution in [-0.2, 0) is 13.6 Å². The topological polar surface area (TPSA) is 51.4 Å². The van der Waals surface area contributed by atoms with Gasteiger partial charge in [0.2, 0.25) is 0 Å². The molecule has 0 aliphatic rings. The molecule has 2 heterocycles. The van der Waals surface area contributed by atoms with Gasteiger partial charge in [0, 0.05) is 19.8 Å². The van der Waals surface area contributed by atoms with E-state index in [0.29, 0.717) is 4.77 Å². The van der Waals surface area contributed by atoms with E-state index in [1.54, 1.807) is 4.68 Å². The number of hydrogen-bond donors (Lipinski definition) is 1. The highest BCUT2D eigenvalue weighted by Gasteiger charge is 2.12. The number of hydrogen-bond acceptors (Lipinski definition) is 3. The fourth-order valence-corrected chi connectivity index (χ4v) is 1.90. The van der Waals surface area contributed by atoms with E-state index in [0.717, 1.165) is 23.6 Å². The maximum absolute atomic E-state index is 5.14. The molecular formula is C9H13N5S. The first-order valence-electron chi connectivity index (χ1n) is 4.79. The van der Waals surface area contributed by atoms with Crippen molar-refractivity contribution in [1.82, 2.24) is 24.5 Å². The Balaban J connectivity index is 2.63. The molecule has 0 spiro atoms. The van der Waals surface area contributed by atoms with Crippen LogP contribution >= 0.6 is 12.2 Å². The molecular weight excluding hydrogens is 210 g/mol. The molecule has 80 valence electrons. The summed E-state index contributed by atoms with van der Waals surface area (Å²) in [4.78, 5) is 0. The number of aryl methyl sites for hydroxylation is 2. The molecule has 2 aromatic rings. The minimum absolute atomic E-state index is 0.649. The molecule has 0 bridgehead atoms. The molecule has 0 unspecified atom stereocenters. The summed E-state index contributed by atoms with van der Waals surface area (Å²) in [6.07, 6.45) is 1.95. The van der Waals surface area contributed by atoms with E-state index in [1.165, 1.54) is 0 Å². The third-order valence-corrected chi connectivity index (χ3v) is 2.64. The highest BCUT2D eigenvalue weighted by atomic mass is 32.1. The monoisotopic (exact) mass is 223 g/mol. The SMILES string of the molecule is CCn1c(-c2cn(C)nc2C)n[nH]c1=S. The number of aromatic nitrogens is 5. The Morgan fingerprint density at radius 1 is 1.53 bits per heavy atom. The molecule has 0 aromatic carbocycles. The summed E-state index contributed by atoms with van der Waals surface area (Å²) in [7, 11) is 1.90. The van der Waals surface area contributed by atoms with Gasteiger partial charge in [-0.05, 0) is 26.1 Å². The molecule has 0 aliphatic heterocycles. The normalized spacial score (nSPS) is 10.9. The van der Waals surface area contributed by atoms with Gasteiger partial charge in [0.25, 0.3) is 0 Å². The first kappa shape index (κ1) is 10.1. The van der Waals surface area contributed by atoms with Crippen LogP contribution in [0.4, 0.5) is 0 Å². The fraction of sp³-hybridized carbons (Fsp3) is 0.444. The van der Waals surface area contributed by atoms with Crippen LogP contribution in [0.25, 0.3) is 11.4 Å². The lowest BCUT2D eigenvalue weighted by Crippen LogP contribution is -1.97. The standard InChI is InChI=1S/C9H13N5S/c1-4-14-8(10-11-9(14)15)7-5-13(3)12-6(7)2/h5H,4H2,1-3H3,(H,11,15). The van der Waals surface area contributed by atoms with Crippen molar-refractivity contribution in [2.24, 2.45) is 7.05 Å². The summed E-state index contributed by atoms with van der Waals surface area (Å²) in [5.41, 5.74) is 1.98. The van der Waals surface area contributed by atoms with E-state index in [-0.39, 0.29) is 0 Å². The Bertz CT molecular complexity index is 533. The highest BCUT2D eigenvalue weighted by Crippen LogP contribution is 2.19. The van der Waals surface area contributed by atoms with Crippen molar-refractivity contribution in [2.45, 2.75) is 20.4 Å². The minimum Gasteiger partial charge on any atom is -0.300 e. The van der Waals surface area contributed by atoms with Crippen molar-refractivity contribution in [2.75, 3.05) is 0 Å². The van der Waals surface area contributed by atoms with E-state index in [1.807, 2.05) is 31.7 Å². The molecule has 0 fully saturated rings. The van der Waals surface area contributed by atoms with Gasteiger partial charge in [0.15, 0.2) is 10.6 Å². The molecule has 2 aromatic heterocycles. The van der Waals surface area contributed by atoms with Gasteiger partial charge in [-0.15, -0.1) is 0 Å². The first-order valence-corrected chi connectivity index (χ1v) is 5.20. The second-order valence-electron chi connectivity index (χ2n) is 3.40. The lowest BCUT2D eigenvalue weighted by molar-refractivity contribution is 0.753. The van der Waals surface area contributed by atoms with Crippen LogP contribution in [0.15, 0.2) is 6.20 Å². The average molecular weight is 223 g/mol. The van der Waals surface area contributed by atoms with Crippen molar-refractivity contribution in [3.8, 4) is 11.4 Å². The zero-order chi connectivity index (χ0) is 11.0. The number of aromatic amines is 1. The fourth-order valence-electron chi connectivity index (χ4n) is 1.64. The summed E-state index contributed by atoms with van der Waals surface area (Å²) in [5.74, 6) is 0.855. The third-order valence-electron chi connectivity index (χ3n) is 2.33. The van der Waals surface area contributed by atoms with Gasteiger partial charge >= 0.3 is 0 Å². The summed E-state index contributed by atoms with van der Waals surface area (Å²) in [5, 5.41) is 11.3. The number of rotatable bonds is 2. The molecule has 15 heavy (non-hydrogen) atoms. The second kappa shape index (κ2) is 3.62. The summed E-state index contributed by atoms with van der Waals surface area (Å²) >= 11 is 5.14. The molecule has 0 saturated heterocycles. The molecule has 0 saturated carbocycles. The molecule has 0 atom stereocenters. The Morgan fingerprint density at radius 3 is 2.80 bits per heavy atom. The van der Waals surface area contributed by atoms with Gasteiger partial charge < -0.3 is 4.57 Å². The maximum Gasteiger partial charge on any atom is 0.195 e. The lowest BCUT2D eigenvalue weighted by Gasteiger charge is -2.00. The molecule has 5 nitrogen and oxygen atoms in total. The number of H-pyrrole nitrogens is 1. The predicted octanol–water partition coefficient (Wildman–Crippen LogP) is 1.67. The van der Waals surface area contributed by atoms with Crippen molar-refractivity contribution in [3.63, 3.8) is 0 Å². The van der Waals surface area contributed by atoms with Crippen molar-refractivity contribution in [1.29, 1.82) is 0 Å². The molecule has 2 rings (SSSR count).